The van der Waals surface area contributed by atoms with Crippen molar-refractivity contribution in [2.24, 2.45) is 0 Å². The summed E-state index contributed by atoms with van der Waals surface area (Å²) in [5, 5.41) is 14.3. The van der Waals surface area contributed by atoms with Crippen LogP contribution in [0.3, 0.4) is 0 Å². The molecule has 0 bridgehead atoms. The molecule has 0 amide bonds. The van der Waals surface area contributed by atoms with Gasteiger partial charge in [-0.1, -0.05) is 59.3 Å². The Morgan fingerprint density at radius 1 is 0.921 bits per heavy atom. The fourth-order valence-corrected chi connectivity index (χ4v) is 6.11. The summed E-state index contributed by atoms with van der Waals surface area (Å²) in [7, 11) is 0. The monoisotopic (exact) mass is 692 g/mol. The Kier molecular flexibility index (Phi) is 7.13. The summed E-state index contributed by atoms with van der Waals surface area (Å²) in [5.74, 6) is -0.0625. The molecule has 0 aliphatic heterocycles. The summed E-state index contributed by atoms with van der Waals surface area (Å²) in [4.78, 5) is 14.9. The molecular weight excluding hydrogens is 669 g/mol. The van der Waals surface area contributed by atoms with E-state index in [0.29, 0.717) is 0 Å². The molecule has 0 atom stereocenters. The van der Waals surface area contributed by atoms with Gasteiger partial charge in [0.05, 0.1) is 5.76 Å². The molecule has 4 nitrogen and oxygen atoms in total. The van der Waals surface area contributed by atoms with Crippen molar-refractivity contribution in [3.63, 3.8) is 0 Å². The maximum atomic E-state index is 10.0. The number of fused-ring (bicyclic) bond motifs is 4. The Labute approximate surface area is 237 Å². The smallest absolute Gasteiger partial charge is 0.155 e. The van der Waals surface area contributed by atoms with Crippen LogP contribution in [-0.4, -0.2) is 20.4 Å². The van der Waals surface area contributed by atoms with E-state index in [1.165, 1.54) is 56.4 Å². The van der Waals surface area contributed by atoms with E-state index in [4.69, 9.17) is 10.1 Å². The molecule has 4 aromatic carbocycles. The number of hydrogen-bond donors (Lipinski definition) is 1. The number of carbonyl (C=O) groups is 1. The molecule has 0 saturated heterocycles. The molecule has 3 heterocycles. The Bertz CT molecular complexity index is 1980. The van der Waals surface area contributed by atoms with Crippen LogP contribution < -0.4 is 0 Å². The quantitative estimate of drug-likeness (QED) is 0.112. The summed E-state index contributed by atoms with van der Waals surface area (Å²) in [5.41, 5.74) is 4.50. The van der Waals surface area contributed by atoms with Gasteiger partial charge in [0, 0.05) is 58.4 Å². The SMILES string of the molecule is CC(=O)/C=C(/C)O.[Ir].[c-]1cc2ccccc2c2c1c1nccc3sc4cccc(c4c31)n2-c1ccccc1. The summed E-state index contributed by atoms with van der Waals surface area (Å²) in [6.07, 6.45) is 3.09. The van der Waals surface area contributed by atoms with Crippen LogP contribution in [0.1, 0.15) is 13.8 Å². The molecule has 3 aromatic heterocycles. The summed E-state index contributed by atoms with van der Waals surface area (Å²) < 4.78 is 4.95. The molecule has 7 rings (SSSR count). The number of nitrogens with zero attached hydrogens (tertiary/aromatic N) is 2. The molecule has 38 heavy (non-hydrogen) atoms. The number of aromatic nitrogens is 2. The minimum atomic E-state index is -0.125. The number of allylic oxidation sites excluding steroid dienone is 2. The van der Waals surface area contributed by atoms with Crippen molar-refractivity contribution in [1.29, 1.82) is 0 Å². The molecule has 0 saturated carbocycles. The minimum absolute atomic E-state index is 0. The number of aliphatic hydroxyl groups is 1. The molecule has 0 unspecified atom stereocenters. The first-order chi connectivity index (χ1) is 18.0. The van der Waals surface area contributed by atoms with Gasteiger partial charge in [0.25, 0.3) is 0 Å². The van der Waals surface area contributed by atoms with E-state index >= 15 is 0 Å². The first-order valence-electron chi connectivity index (χ1n) is 12.0. The number of para-hydroxylation sites is 1. The van der Waals surface area contributed by atoms with Gasteiger partial charge in [-0.15, -0.1) is 28.9 Å². The molecular formula is C32H23IrN2O2S-. The van der Waals surface area contributed by atoms with Gasteiger partial charge in [-0.05, 0) is 60.6 Å². The molecule has 0 spiro atoms. The maximum absolute atomic E-state index is 10.0. The van der Waals surface area contributed by atoms with Crippen LogP contribution in [0, 0.1) is 6.07 Å². The number of hydrogen-bond acceptors (Lipinski definition) is 4. The molecule has 0 aliphatic rings. The van der Waals surface area contributed by atoms with Crippen molar-refractivity contribution < 1.29 is 30.0 Å². The average molecular weight is 692 g/mol. The Morgan fingerprint density at radius 3 is 2.39 bits per heavy atom. The molecule has 0 aliphatic carbocycles. The van der Waals surface area contributed by atoms with E-state index in [1.807, 2.05) is 17.5 Å². The van der Waals surface area contributed by atoms with Gasteiger partial charge < -0.3 is 14.7 Å². The average Bonchev–Trinajstić information content (AvgIpc) is 3.22. The molecule has 0 fully saturated rings. The van der Waals surface area contributed by atoms with Crippen molar-refractivity contribution >= 4 is 70.0 Å². The largest absolute Gasteiger partial charge is 0.512 e. The summed E-state index contributed by atoms with van der Waals surface area (Å²) in [6.45, 7) is 2.85. The first-order valence-corrected chi connectivity index (χ1v) is 12.8. The molecule has 1 N–H and O–H groups in total. The van der Waals surface area contributed by atoms with Crippen LogP contribution in [0.2, 0.25) is 0 Å². The van der Waals surface area contributed by atoms with Crippen molar-refractivity contribution in [3.05, 3.63) is 109 Å². The number of aliphatic hydroxyl groups excluding tert-OH is 1. The molecule has 189 valence electrons. The second-order valence-electron chi connectivity index (χ2n) is 8.95. The van der Waals surface area contributed by atoms with Gasteiger partial charge in [0.1, 0.15) is 0 Å². The molecule has 1 radical (unpaired) electrons. The van der Waals surface area contributed by atoms with Crippen molar-refractivity contribution in [1.82, 2.24) is 9.55 Å². The van der Waals surface area contributed by atoms with Crippen LogP contribution >= 0.6 is 11.3 Å². The number of pyridine rings is 1. The van der Waals surface area contributed by atoms with Crippen molar-refractivity contribution in [3.8, 4) is 5.69 Å². The predicted octanol–water partition coefficient (Wildman–Crippen LogP) is 8.53. The number of carbonyl (C=O) groups excluding carboxylic acids is 1. The van der Waals surface area contributed by atoms with E-state index < -0.39 is 0 Å². The zero-order valence-corrected chi connectivity index (χ0v) is 23.9. The van der Waals surface area contributed by atoms with Crippen LogP contribution in [0.15, 0.2) is 103 Å². The van der Waals surface area contributed by atoms with Gasteiger partial charge in [-0.3, -0.25) is 4.79 Å². The third kappa shape index (κ3) is 4.41. The van der Waals surface area contributed by atoms with E-state index in [0.717, 1.165) is 22.1 Å². The number of benzene rings is 4. The fourth-order valence-electron chi connectivity index (χ4n) is 4.99. The second kappa shape index (κ2) is 10.5. The van der Waals surface area contributed by atoms with Crippen LogP contribution in [0.25, 0.3) is 58.6 Å². The van der Waals surface area contributed by atoms with Crippen molar-refractivity contribution in [2.45, 2.75) is 13.8 Å². The molecule has 7 aromatic rings. The number of thiophene rings is 1. The van der Waals surface area contributed by atoms with E-state index in [2.05, 4.69) is 95.6 Å². The van der Waals surface area contributed by atoms with Gasteiger partial charge in [-0.25, -0.2) is 0 Å². The van der Waals surface area contributed by atoms with Crippen LogP contribution in [0.5, 0.6) is 0 Å². The molecule has 6 heteroatoms. The third-order valence-electron chi connectivity index (χ3n) is 6.34. The summed E-state index contributed by atoms with van der Waals surface area (Å²) >= 11 is 1.83. The number of rotatable bonds is 2. The standard InChI is InChI=1S/C27H15N2S.C5H8O2.Ir/c1-2-8-18(9-3-1)29-21-11-6-12-22-24(21)25-23(30-22)15-16-28-26(25)20-14-13-17-7-4-5-10-19(17)27(20)29;1-4(6)3-5(2)7;/h1-13,15-16H;3,6H,1-2H3;/q-1;;/b;4-3-;. The normalized spacial score (nSPS) is 11.6. The predicted molar refractivity (Wildman–Crippen MR) is 155 cm³/mol. The fraction of sp³-hybridized carbons (Fsp3) is 0.0625. The zero-order chi connectivity index (χ0) is 25.5. The van der Waals surface area contributed by atoms with Crippen LogP contribution in [0.4, 0.5) is 0 Å². The first kappa shape index (κ1) is 25.8. The second-order valence-corrected chi connectivity index (χ2v) is 10.0. The van der Waals surface area contributed by atoms with Gasteiger partial charge in [0.15, 0.2) is 5.78 Å². The third-order valence-corrected chi connectivity index (χ3v) is 7.46. The Morgan fingerprint density at radius 2 is 1.66 bits per heavy atom. The minimum Gasteiger partial charge on any atom is -0.512 e. The Balaban J connectivity index is 0.000000329. The van der Waals surface area contributed by atoms with Crippen LogP contribution in [-0.2, 0) is 24.9 Å². The van der Waals surface area contributed by atoms with Crippen molar-refractivity contribution in [2.75, 3.05) is 0 Å². The van der Waals surface area contributed by atoms with E-state index in [-0.39, 0.29) is 31.6 Å². The summed E-state index contributed by atoms with van der Waals surface area (Å²) in [6, 6.07) is 33.6. The zero-order valence-electron chi connectivity index (χ0n) is 20.7. The van der Waals surface area contributed by atoms with E-state index in [9.17, 15) is 4.79 Å². The van der Waals surface area contributed by atoms with E-state index in [1.54, 1.807) is 0 Å². The number of ketones is 1. The van der Waals surface area contributed by atoms with Gasteiger partial charge in [0.2, 0.25) is 0 Å². The topological polar surface area (TPSA) is 55.1 Å². The maximum Gasteiger partial charge on any atom is 0.155 e. The Hall–Kier alpha value is -3.83. The van der Waals surface area contributed by atoms with Gasteiger partial charge in [-0.2, -0.15) is 0 Å². The van der Waals surface area contributed by atoms with Gasteiger partial charge >= 0.3 is 0 Å².